The van der Waals surface area contributed by atoms with Crippen LogP contribution in [0, 0.1) is 0 Å². The molecule has 0 aromatic carbocycles. The molecule has 0 spiro atoms. The van der Waals surface area contributed by atoms with Crippen LogP contribution < -0.4 is 0 Å². The number of allylic oxidation sites excluding steroid dienone is 2. The van der Waals surface area contributed by atoms with Gasteiger partial charge < -0.3 is 9.52 Å². The lowest BCUT2D eigenvalue weighted by atomic mass is 9.98. The van der Waals surface area contributed by atoms with E-state index in [2.05, 4.69) is 16.4 Å². The Bertz CT molecular complexity index is 557. The van der Waals surface area contributed by atoms with Crippen molar-refractivity contribution in [2.24, 2.45) is 0 Å². The first-order valence-corrected chi connectivity index (χ1v) is 6.64. The van der Waals surface area contributed by atoms with Gasteiger partial charge in [0.15, 0.2) is 0 Å². The highest BCUT2D eigenvalue weighted by molar-refractivity contribution is 5.62. The quantitative estimate of drug-likeness (QED) is 0.915. The Morgan fingerprint density at radius 3 is 3.05 bits per heavy atom. The van der Waals surface area contributed by atoms with Gasteiger partial charge in [-0.05, 0) is 43.4 Å². The third kappa shape index (κ3) is 2.46. The van der Waals surface area contributed by atoms with Gasteiger partial charge in [-0.3, -0.25) is 0 Å². The highest BCUT2D eigenvalue weighted by atomic mass is 16.3. The van der Waals surface area contributed by atoms with Crippen LogP contribution in [0.4, 0.5) is 0 Å². The van der Waals surface area contributed by atoms with Gasteiger partial charge in [0.1, 0.15) is 17.5 Å². The van der Waals surface area contributed by atoms with Crippen LogP contribution in [0.2, 0.25) is 0 Å². The van der Waals surface area contributed by atoms with Gasteiger partial charge in [0.05, 0.1) is 19.1 Å². The Balaban J connectivity index is 1.85. The molecule has 5 heteroatoms. The Morgan fingerprint density at radius 1 is 1.42 bits per heavy atom. The molecule has 100 valence electrons. The number of aliphatic hydroxyl groups is 1. The van der Waals surface area contributed by atoms with Crippen molar-refractivity contribution in [1.29, 1.82) is 0 Å². The Hall–Kier alpha value is -1.88. The van der Waals surface area contributed by atoms with Crippen LogP contribution >= 0.6 is 0 Å². The summed E-state index contributed by atoms with van der Waals surface area (Å²) in [6.07, 6.45) is 10.4. The molecule has 0 bridgehead atoms. The molecule has 1 atom stereocenters. The van der Waals surface area contributed by atoms with Crippen LogP contribution in [0.25, 0.3) is 5.57 Å². The molecule has 1 unspecified atom stereocenters. The van der Waals surface area contributed by atoms with E-state index in [9.17, 15) is 5.11 Å². The van der Waals surface area contributed by atoms with E-state index in [4.69, 9.17) is 4.42 Å². The molecule has 0 aliphatic heterocycles. The minimum Gasteiger partial charge on any atom is -0.467 e. The molecule has 0 amide bonds. The summed E-state index contributed by atoms with van der Waals surface area (Å²) in [5.74, 6) is 0.691. The van der Waals surface area contributed by atoms with Crippen LogP contribution in [0.3, 0.4) is 0 Å². The molecule has 1 aliphatic carbocycles. The van der Waals surface area contributed by atoms with Crippen molar-refractivity contribution in [3.63, 3.8) is 0 Å². The minimum absolute atomic E-state index is 0.0602. The average molecular weight is 259 g/mol. The summed E-state index contributed by atoms with van der Waals surface area (Å²) in [6, 6.07) is 3.34. The molecule has 0 saturated heterocycles. The van der Waals surface area contributed by atoms with Gasteiger partial charge in [0.2, 0.25) is 0 Å². The zero-order valence-electron chi connectivity index (χ0n) is 10.7. The van der Waals surface area contributed by atoms with Crippen molar-refractivity contribution >= 4 is 5.57 Å². The number of aromatic nitrogens is 3. The predicted octanol–water partition coefficient (Wildman–Crippen LogP) is 2.41. The molecule has 2 aromatic rings. The molecule has 0 saturated carbocycles. The molecule has 5 nitrogen and oxygen atoms in total. The second-order valence-electron chi connectivity index (χ2n) is 4.77. The fraction of sp³-hybridized carbons (Fsp3) is 0.429. The molecule has 19 heavy (non-hydrogen) atoms. The van der Waals surface area contributed by atoms with E-state index in [0.717, 1.165) is 18.5 Å². The van der Waals surface area contributed by atoms with E-state index in [0.29, 0.717) is 5.76 Å². The van der Waals surface area contributed by atoms with Crippen molar-refractivity contribution in [2.45, 2.75) is 31.7 Å². The monoisotopic (exact) mass is 259 g/mol. The molecule has 2 aromatic heterocycles. The fourth-order valence-electron chi connectivity index (χ4n) is 2.43. The van der Waals surface area contributed by atoms with Crippen LogP contribution in [-0.2, 0) is 0 Å². The predicted molar refractivity (Wildman–Crippen MR) is 70.4 cm³/mol. The lowest BCUT2D eigenvalue weighted by Gasteiger charge is -2.11. The van der Waals surface area contributed by atoms with Gasteiger partial charge in [0, 0.05) is 0 Å². The van der Waals surface area contributed by atoms with Crippen LogP contribution in [0.15, 0.2) is 35.1 Å². The SMILES string of the molecule is OCC(c1ccco1)n1cc(C2=CCCCC2)nn1. The number of aliphatic hydroxyl groups excluding tert-OH is 1. The average Bonchev–Trinajstić information content (AvgIpc) is 3.12. The maximum atomic E-state index is 9.51. The second-order valence-corrected chi connectivity index (χ2v) is 4.77. The van der Waals surface area contributed by atoms with Crippen LogP contribution in [0.1, 0.15) is 43.2 Å². The van der Waals surface area contributed by atoms with Crippen molar-refractivity contribution in [3.8, 4) is 0 Å². The molecular weight excluding hydrogens is 242 g/mol. The van der Waals surface area contributed by atoms with E-state index in [1.165, 1.54) is 18.4 Å². The Labute approximate surface area is 111 Å². The number of rotatable bonds is 4. The Kier molecular flexibility index (Phi) is 3.46. The molecular formula is C14H17N3O2. The largest absolute Gasteiger partial charge is 0.467 e. The van der Waals surface area contributed by atoms with Gasteiger partial charge in [-0.2, -0.15) is 0 Å². The molecule has 0 fully saturated rings. The first-order valence-electron chi connectivity index (χ1n) is 6.64. The minimum atomic E-state index is -0.305. The van der Waals surface area contributed by atoms with Crippen molar-refractivity contribution in [3.05, 3.63) is 42.1 Å². The van der Waals surface area contributed by atoms with Crippen molar-refractivity contribution in [1.82, 2.24) is 15.0 Å². The van der Waals surface area contributed by atoms with E-state index >= 15 is 0 Å². The topological polar surface area (TPSA) is 64.1 Å². The number of nitrogens with zero attached hydrogens (tertiary/aromatic N) is 3. The van der Waals surface area contributed by atoms with Crippen LogP contribution in [-0.4, -0.2) is 26.7 Å². The maximum Gasteiger partial charge on any atom is 0.134 e. The first-order chi connectivity index (χ1) is 9.38. The maximum absolute atomic E-state index is 9.51. The van der Waals surface area contributed by atoms with E-state index < -0.39 is 0 Å². The van der Waals surface area contributed by atoms with E-state index in [1.54, 1.807) is 17.0 Å². The molecule has 2 heterocycles. The van der Waals surface area contributed by atoms with Crippen molar-refractivity contribution < 1.29 is 9.52 Å². The zero-order chi connectivity index (χ0) is 13.1. The summed E-state index contributed by atoms with van der Waals surface area (Å²) in [4.78, 5) is 0. The lowest BCUT2D eigenvalue weighted by Crippen LogP contribution is -2.14. The highest BCUT2D eigenvalue weighted by Gasteiger charge is 2.18. The number of hydrogen-bond acceptors (Lipinski definition) is 4. The Morgan fingerprint density at radius 2 is 2.37 bits per heavy atom. The molecule has 1 N–H and O–H groups in total. The lowest BCUT2D eigenvalue weighted by molar-refractivity contribution is 0.221. The number of furan rings is 1. The summed E-state index contributed by atoms with van der Waals surface area (Å²) < 4.78 is 7.00. The molecule has 1 aliphatic rings. The van der Waals surface area contributed by atoms with Crippen molar-refractivity contribution in [2.75, 3.05) is 6.61 Å². The van der Waals surface area contributed by atoms with Crippen LogP contribution in [0.5, 0.6) is 0 Å². The molecule has 0 radical (unpaired) electrons. The number of hydrogen-bond donors (Lipinski definition) is 1. The second kappa shape index (κ2) is 5.40. The van der Waals surface area contributed by atoms with Gasteiger partial charge in [-0.25, -0.2) is 4.68 Å². The summed E-state index contributed by atoms with van der Waals surface area (Å²) in [6.45, 7) is -0.0602. The van der Waals surface area contributed by atoms with Gasteiger partial charge in [0.25, 0.3) is 0 Å². The zero-order valence-corrected chi connectivity index (χ0v) is 10.7. The standard InChI is InChI=1S/C14H17N3O2/c18-10-13(14-7-4-8-19-14)17-9-12(15-16-17)11-5-2-1-3-6-11/h4-5,7-9,13,18H,1-3,6,10H2. The van der Waals surface area contributed by atoms with E-state index in [-0.39, 0.29) is 12.6 Å². The first kappa shape index (κ1) is 12.2. The van der Waals surface area contributed by atoms with Gasteiger partial charge in [-0.1, -0.05) is 11.3 Å². The fourth-order valence-corrected chi connectivity index (χ4v) is 2.43. The highest BCUT2D eigenvalue weighted by Crippen LogP contribution is 2.26. The van der Waals surface area contributed by atoms with E-state index in [1.807, 2.05) is 12.3 Å². The third-order valence-corrected chi connectivity index (χ3v) is 3.49. The van der Waals surface area contributed by atoms with Gasteiger partial charge >= 0.3 is 0 Å². The smallest absolute Gasteiger partial charge is 0.134 e. The molecule has 3 rings (SSSR count). The summed E-state index contributed by atoms with van der Waals surface area (Å²) >= 11 is 0. The van der Waals surface area contributed by atoms with Gasteiger partial charge in [-0.15, -0.1) is 5.10 Å². The normalized spacial score (nSPS) is 17.2. The summed E-state index contributed by atoms with van der Waals surface area (Å²) in [7, 11) is 0. The summed E-state index contributed by atoms with van der Waals surface area (Å²) in [5, 5.41) is 17.8. The summed E-state index contributed by atoms with van der Waals surface area (Å²) in [5.41, 5.74) is 2.17. The third-order valence-electron chi connectivity index (χ3n) is 3.49.